The minimum Gasteiger partial charge on any atom is -0.480 e. The number of pyridine rings is 1. The van der Waals surface area contributed by atoms with Gasteiger partial charge in [-0.05, 0) is 36.8 Å². The van der Waals surface area contributed by atoms with E-state index >= 15 is 0 Å². The van der Waals surface area contributed by atoms with E-state index in [1.807, 2.05) is 4.57 Å². The molecule has 26 heavy (non-hydrogen) atoms. The Bertz CT molecular complexity index is 780. The standard InChI is InChI=1S/C19H26FN3O3/c1-19(2,3)15(18(25)26)22-17(24)14-12-23(11-6-4-5-9-20)16-13(14)8-7-10-21-16/h7-8,10,12,15H,4-6,9,11H2,1-3H3,(H,22,24)(H,25,26). The zero-order valence-electron chi connectivity index (χ0n) is 15.5. The minimum atomic E-state index is -1.07. The van der Waals surface area contributed by atoms with Gasteiger partial charge in [0, 0.05) is 24.3 Å². The van der Waals surface area contributed by atoms with E-state index in [9.17, 15) is 19.1 Å². The summed E-state index contributed by atoms with van der Waals surface area (Å²) in [6.45, 7) is 5.59. The van der Waals surface area contributed by atoms with Gasteiger partial charge >= 0.3 is 5.97 Å². The second kappa shape index (κ2) is 8.29. The highest BCUT2D eigenvalue weighted by Gasteiger charge is 2.33. The largest absolute Gasteiger partial charge is 0.480 e. The van der Waals surface area contributed by atoms with E-state index in [0.29, 0.717) is 29.6 Å². The zero-order chi connectivity index (χ0) is 19.3. The molecule has 2 heterocycles. The number of carbonyl (C=O) groups excluding carboxylic acids is 1. The van der Waals surface area contributed by atoms with Crippen molar-refractivity contribution in [1.29, 1.82) is 0 Å². The summed E-state index contributed by atoms with van der Waals surface area (Å²) in [7, 11) is 0. The van der Waals surface area contributed by atoms with Crippen molar-refractivity contribution in [3.05, 3.63) is 30.1 Å². The number of rotatable bonds is 8. The van der Waals surface area contributed by atoms with Crippen LogP contribution in [0, 0.1) is 5.41 Å². The number of aliphatic carboxylic acids is 1. The van der Waals surface area contributed by atoms with Gasteiger partial charge in [-0.1, -0.05) is 20.8 Å². The van der Waals surface area contributed by atoms with Crippen LogP contribution in [0.5, 0.6) is 0 Å². The molecule has 0 aliphatic rings. The van der Waals surface area contributed by atoms with Gasteiger partial charge in [0.2, 0.25) is 0 Å². The third kappa shape index (κ3) is 4.59. The van der Waals surface area contributed by atoms with Crippen LogP contribution >= 0.6 is 0 Å². The lowest BCUT2D eigenvalue weighted by atomic mass is 9.86. The summed E-state index contributed by atoms with van der Waals surface area (Å²) in [5.41, 5.74) is 0.444. The van der Waals surface area contributed by atoms with Crippen molar-refractivity contribution < 1.29 is 19.1 Å². The van der Waals surface area contributed by atoms with Crippen molar-refractivity contribution in [2.75, 3.05) is 6.67 Å². The molecular formula is C19H26FN3O3. The predicted molar refractivity (Wildman–Crippen MR) is 97.9 cm³/mol. The Balaban J connectivity index is 2.28. The van der Waals surface area contributed by atoms with Gasteiger partial charge in [-0.25, -0.2) is 9.78 Å². The van der Waals surface area contributed by atoms with Crippen molar-refractivity contribution in [3.8, 4) is 0 Å². The first-order valence-corrected chi connectivity index (χ1v) is 8.79. The molecule has 2 N–H and O–H groups in total. The van der Waals surface area contributed by atoms with Crippen LogP contribution in [-0.2, 0) is 11.3 Å². The first-order chi connectivity index (χ1) is 12.3. The molecule has 7 heteroatoms. The Morgan fingerprint density at radius 2 is 2.04 bits per heavy atom. The number of hydrogen-bond donors (Lipinski definition) is 2. The summed E-state index contributed by atoms with van der Waals surface area (Å²) < 4.78 is 14.1. The number of fused-ring (bicyclic) bond motifs is 1. The van der Waals surface area contributed by atoms with Gasteiger partial charge in [0.25, 0.3) is 5.91 Å². The molecule has 0 saturated heterocycles. The van der Waals surface area contributed by atoms with Gasteiger partial charge in [0.05, 0.1) is 12.2 Å². The van der Waals surface area contributed by atoms with Crippen molar-refractivity contribution in [1.82, 2.24) is 14.9 Å². The van der Waals surface area contributed by atoms with Crippen LogP contribution in [0.1, 0.15) is 50.4 Å². The number of carboxylic acid groups (broad SMARTS) is 1. The van der Waals surface area contributed by atoms with Gasteiger partial charge in [-0.3, -0.25) is 9.18 Å². The van der Waals surface area contributed by atoms with Crippen LogP contribution in [0.25, 0.3) is 11.0 Å². The number of nitrogens with zero attached hydrogens (tertiary/aromatic N) is 2. The molecule has 0 aliphatic carbocycles. The quantitative estimate of drug-likeness (QED) is 0.704. The fourth-order valence-electron chi connectivity index (χ4n) is 2.88. The average Bonchev–Trinajstić information content (AvgIpc) is 2.94. The molecule has 2 aromatic heterocycles. The van der Waals surface area contributed by atoms with E-state index in [0.717, 1.165) is 12.8 Å². The minimum absolute atomic E-state index is 0.332. The summed E-state index contributed by atoms with van der Waals surface area (Å²) in [5.74, 6) is -1.51. The normalized spacial score (nSPS) is 12.9. The van der Waals surface area contributed by atoms with Crippen LogP contribution in [-0.4, -0.2) is 39.3 Å². The number of hydrogen-bond acceptors (Lipinski definition) is 3. The smallest absolute Gasteiger partial charge is 0.326 e. The molecular weight excluding hydrogens is 337 g/mol. The summed E-state index contributed by atoms with van der Waals surface area (Å²) in [4.78, 5) is 28.6. The number of nitrogens with one attached hydrogen (secondary N) is 1. The van der Waals surface area contributed by atoms with Crippen molar-refractivity contribution in [3.63, 3.8) is 0 Å². The molecule has 1 atom stereocenters. The molecule has 2 aromatic rings. The number of halogens is 1. The molecule has 0 spiro atoms. The molecule has 142 valence electrons. The maximum atomic E-state index is 12.7. The lowest BCUT2D eigenvalue weighted by Gasteiger charge is -2.27. The molecule has 0 bridgehead atoms. The fraction of sp³-hybridized carbons (Fsp3) is 0.526. The van der Waals surface area contributed by atoms with Crippen LogP contribution in [0.15, 0.2) is 24.5 Å². The number of alkyl halides is 1. The van der Waals surface area contributed by atoms with E-state index in [1.54, 1.807) is 45.3 Å². The predicted octanol–water partition coefficient (Wildman–Crippen LogP) is 3.41. The fourth-order valence-corrected chi connectivity index (χ4v) is 2.88. The van der Waals surface area contributed by atoms with E-state index in [1.165, 1.54) is 0 Å². The first-order valence-electron chi connectivity index (χ1n) is 8.79. The lowest BCUT2D eigenvalue weighted by molar-refractivity contribution is -0.142. The molecule has 0 radical (unpaired) electrons. The highest BCUT2D eigenvalue weighted by atomic mass is 19.1. The van der Waals surface area contributed by atoms with Gasteiger partial charge < -0.3 is 15.0 Å². The second-order valence-electron chi connectivity index (χ2n) is 7.47. The monoisotopic (exact) mass is 363 g/mol. The lowest BCUT2D eigenvalue weighted by Crippen LogP contribution is -2.49. The molecule has 0 aliphatic heterocycles. The molecule has 0 aromatic carbocycles. The van der Waals surface area contributed by atoms with Gasteiger partial charge in [0.1, 0.15) is 11.7 Å². The SMILES string of the molecule is CC(C)(C)C(NC(=O)c1cn(CCCCCF)c2ncccc12)C(=O)O. The number of carbonyl (C=O) groups is 2. The maximum Gasteiger partial charge on any atom is 0.326 e. The first kappa shape index (κ1) is 19.9. The number of unbranched alkanes of at least 4 members (excludes halogenated alkanes) is 2. The van der Waals surface area contributed by atoms with Crippen LogP contribution < -0.4 is 5.32 Å². The highest BCUT2D eigenvalue weighted by molar-refractivity contribution is 6.07. The van der Waals surface area contributed by atoms with Gasteiger partial charge in [-0.15, -0.1) is 0 Å². The maximum absolute atomic E-state index is 12.7. The number of aryl methyl sites for hydroxylation is 1. The average molecular weight is 363 g/mol. The molecule has 6 nitrogen and oxygen atoms in total. The second-order valence-corrected chi connectivity index (χ2v) is 7.47. The van der Waals surface area contributed by atoms with Crippen molar-refractivity contribution in [2.45, 2.75) is 52.6 Å². The Morgan fingerprint density at radius 3 is 2.65 bits per heavy atom. The summed E-state index contributed by atoms with van der Waals surface area (Å²) in [5, 5.41) is 12.7. The number of carboxylic acids is 1. The van der Waals surface area contributed by atoms with Gasteiger partial charge in [-0.2, -0.15) is 0 Å². The summed E-state index contributed by atoms with van der Waals surface area (Å²) in [6.07, 6.45) is 5.41. The summed E-state index contributed by atoms with van der Waals surface area (Å²) in [6, 6.07) is 2.53. The van der Waals surface area contributed by atoms with E-state index in [4.69, 9.17) is 0 Å². The van der Waals surface area contributed by atoms with Crippen LogP contribution in [0.2, 0.25) is 0 Å². The van der Waals surface area contributed by atoms with E-state index < -0.39 is 23.3 Å². The number of aromatic nitrogens is 2. The molecule has 1 amide bonds. The van der Waals surface area contributed by atoms with Gasteiger partial charge in [0.15, 0.2) is 0 Å². The third-order valence-electron chi connectivity index (χ3n) is 4.30. The third-order valence-corrected chi connectivity index (χ3v) is 4.30. The highest BCUT2D eigenvalue weighted by Crippen LogP contribution is 2.23. The Kier molecular flexibility index (Phi) is 6.34. The molecule has 2 rings (SSSR count). The molecule has 1 unspecified atom stereocenters. The number of amides is 1. The molecule has 0 saturated carbocycles. The van der Waals surface area contributed by atoms with Crippen molar-refractivity contribution in [2.24, 2.45) is 5.41 Å². The van der Waals surface area contributed by atoms with E-state index in [2.05, 4.69) is 10.3 Å². The van der Waals surface area contributed by atoms with Crippen LogP contribution in [0.4, 0.5) is 4.39 Å². The Morgan fingerprint density at radius 1 is 1.31 bits per heavy atom. The van der Waals surface area contributed by atoms with Crippen LogP contribution in [0.3, 0.4) is 0 Å². The molecule has 0 fully saturated rings. The summed E-state index contributed by atoms with van der Waals surface area (Å²) >= 11 is 0. The topological polar surface area (TPSA) is 84.2 Å². The zero-order valence-corrected chi connectivity index (χ0v) is 15.5. The Hall–Kier alpha value is -2.44. The Labute approximate surface area is 152 Å². The van der Waals surface area contributed by atoms with E-state index in [-0.39, 0.29) is 6.67 Å². The van der Waals surface area contributed by atoms with Crippen molar-refractivity contribution >= 4 is 22.9 Å².